The molecule has 0 saturated heterocycles. The lowest BCUT2D eigenvalue weighted by atomic mass is 10.1. The average molecular weight is 311 g/mol. The molecule has 0 aliphatic heterocycles. The van der Waals surface area contributed by atoms with Gasteiger partial charge in [0.05, 0.1) is 4.90 Å². The molecule has 0 saturated carbocycles. The van der Waals surface area contributed by atoms with Crippen molar-refractivity contribution in [3.05, 3.63) is 35.0 Å². The number of hydrogen-bond acceptors (Lipinski definition) is 6. The summed E-state index contributed by atoms with van der Waals surface area (Å²) in [5, 5.41) is 8.93. The van der Waals surface area contributed by atoms with Crippen LogP contribution in [0.2, 0.25) is 0 Å². The molecule has 0 amide bonds. The maximum absolute atomic E-state index is 11.4. The minimum Gasteiger partial charge on any atom is -0.483 e. The van der Waals surface area contributed by atoms with E-state index in [0.717, 1.165) is 0 Å². The third kappa shape index (κ3) is 3.59. The first-order valence-electron chi connectivity index (χ1n) is 6.39. The van der Waals surface area contributed by atoms with Crippen LogP contribution in [0.1, 0.15) is 29.8 Å². The van der Waals surface area contributed by atoms with Crippen molar-refractivity contribution in [2.75, 3.05) is 0 Å². The molecule has 0 aliphatic rings. The molecule has 114 valence electrons. The van der Waals surface area contributed by atoms with Gasteiger partial charge in [0.25, 0.3) is 5.89 Å². The Kier molecular flexibility index (Phi) is 4.29. The monoisotopic (exact) mass is 311 g/mol. The maximum atomic E-state index is 11.4. The van der Waals surface area contributed by atoms with E-state index in [9.17, 15) is 8.42 Å². The predicted octanol–water partition coefficient (Wildman–Crippen LogP) is 1.48. The highest BCUT2D eigenvalue weighted by Gasteiger charge is 2.15. The summed E-state index contributed by atoms with van der Waals surface area (Å²) in [5.41, 5.74) is 1.19. The summed E-state index contributed by atoms with van der Waals surface area (Å²) in [7, 11) is -3.74. The first-order valence-corrected chi connectivity index (χ1v) is 7.94. The Morgan fingerprint density at radius 2 is 2.00 bits per heavy atom. The number of benzene rings is 1. The van der Waals surface area contributed by atoms with Crippen LogP contribution >= 0.6 is 0 Å². The van der Waals surface area contributed by atoms with E-state index in [2.05, 4.69) is 10.1 Å². The Hall–Kier alpha value is -1.93. The van der Waals surface area contributed by atoms with Gasteiger partial charge in [0, 0.05) is 6.42 Å². The number of nitrogens with zero attached hydrogens (tertiary/aromatic N) is 2. The van der Waals surface area contributed by atoms with Crippen LogP contribution in [0.15, 0.2) is 21.6 Å². The molecule has 2 N–H and O–H groups in total. The van der Waals surface area contributed by atoms with Crippen LogP contribution < -0.4 is 9.88 Å². The second kappa shape index (κ2) is 5.82. The summed E-state index contributed by atoms with van der Waals surface area (Å²) in [6, 6.07) is 3.12. The molecular weight excluding hydrogens is 294 g/mol. The quantitative estimate of drug-likeness (QED) is 0.895. The van der Waals surface area contributed by atoms with Crippen LogP contribution in [0.4, 0.5) is 0 Å². The lowest BCUT2D eigenvalue weighted by Crippen LogP contribution is -2.14. The maximum Gasteiger partial charge on any atom is 0.264 e. The Morgan fingerprint density at radius 3 is 2.57 bits per heavy atom. The van der Waals surface area contributed by atoms with Crippen molar-refractivity contribution in [2.45, 2.75) is 38.7 Å². The molecule has 1 aromatic heterocycles. The van der Waals surface area contributed by atoms with Gasteiger partial charge in [-0.1, -0.05) is 12.1 Å². The standard InChI is InChI=1S/C13H17N3O4S/c1-4-12-15-13(20-16-12)7-19-10-5-9(3)11(6-8(10)2)21(14,17)18/h5-6H,4,7H2,1-3H3,(H2,14,17,18). The molecule has 2 rings (SSSR count). The molecule has 0 aliphatic carbocycles. The van der Waals surface area contributed by atoms with Gasteiger partial charge in [-0.05, 0) is 37.1 Å². The summed E-state index contributed by atoms with van der Waals surface area (Å²) in [4.78, 5) is 4.23. The normalized spacial score (nSPS) is 11.6. The van der Waals surface area contributed by atoms with E-state index in [4.69, 9.17) is 14.4 Å². The molecule has 0 fully saturated rings. The molecule has 0 atom stereocenters. The van der Waals surface area contributed by atoms with Gasteiger partial charge in [-0.25, -0.2) is 13.6 Å². The molecule has 0 bridgehead atoms. The topological polar surface area (TPSA) is 108 Å². The van der Waals surface area contributed by atoms with Gasteiger partial charge in [0.1, 0.15) is 5.75 Å². The highest BCUT2D eigenvalue weighted by atomic mass is 32.2. The zero-order chi connectivity index (χ0) is 15.6. The van der Waals surface area contributed by atoms with Crippen LogP contribution in [-0.2, 0) is 23.1 Å². The number of sulfonamides is 1. The SMILES string of the molecule is CCc1noc(COc2cc(C)c(S(N)(=O)=O)cc2C)n1. The van der Waals surface area contributed by atoms with Crippen molar-refractivity contribution in [2.24, 2.45) is 5.14 Å². The second-order valence-electron chi connectivity index (χ2n) is 4.67. The smallest absolute Gasteiger partial charge is 0.264 e. The van der Waals surface area contributed by atoms with E-state index < -0.39 is 10.0 Å². The fraction of sp³-hybridized carbons (Fsp3) is 0.385. The lowest BCUT2D eigenvalue weighted by molar-refractivity contribution is 0.241. The highest BCUT2D eigenvalue weighted by Crippen LogP contribution is 2.25. The summed E-state index contributed by atoms with van der Waals surface area (Å²) in [5.74, 6) is 1.54. The number of aryl methyl sites for hydroxylation is 3. The summed E-state index contributed by atoms with van der Waals surface area (Å²) in [6.07, 6.45) is 0.685. The van der Waals surface area contributed by atoms with E-state index in [1.54, 1.807) is 19.9 Å². The summed E-state index contributed by atoms with van der Waals surface area (Å²) in [6.45, 7) is 5.46. The van der Waals surface area contributed by atoms with Gasteiger partial charge in [0.15, 0.2) is 12.4 Å². The van der Waals surface area contributed by atoms with Crippen LogP contribution in [0.5, 0.6) is 5.75 Å². The van der Waals surface area contributed by atoms with E-state index in [1.165, 1.54) is 6.07 Å². The van der Waals surface area contributed by atoms with Crippen molar-refractivity contribution >= 4 is 10.0 Å². The van der Waals surface area contributed by atoms with Gasteiger partial charge in [0.2, 0.25) is 10.0 Å². The van der Waals surface area contributed by atoms with Gasteiger partial charge < -0.3 is 9.26 Å². The van der Waals surface area contributed by atoms with Crippen molar-refractivity contribution < 1.29 is 17.7 Å². The Bertz CT molecular complexity index is 753. The predicted molar refractivity (Wildman–Crippen MR) is 75.3 cm³/mol. The van der Waals surface area contributed by atoms with Crippen molar-refractivity contribution in [3.63, 3.8) is 0 Å². The Morgan fingerprint density at radius 1 is 1.29 bits per heavy atom. The highest BCUT2D eigenvalue weighted by molar-refractivity contribution is 7.89. The van der Waals surface area contributed by atoms with Crippen molar-refractivity contribution in [1.82, 2.24) is 10.1 Å². The molecule has 1 heterocycles. The summed E-state index contributed by atoms with van der Waals surface area (Å²) >= 11 is 0. The number of ether oxygens (including phenoxy) is 1. The molecular formula is C13H17N3O4S. The Labute approximate surface area is 123 Å². The molecule has 21 heavy (non-hydrogen) atoms. The molecule has 2 aromatic rings. The fourth-order valence-electron chi connectivity index (χ4n) is 1.86. The molecule has 0 radical (unpaired) electrons. The fourth-order valence-corrected chi connectivity index (χ4v) is 2.71. The number of rotatable bonds is 5. The minimum atomic E-state index is -3.74. The third-order valence-electron chi connectivity index (χ3n) is 2.96. The van der Waals surface area contributed by atoms with E-state index in [1.807, 2.05) is 6.92 Å². The Balaban J connectivity index is 2.19. The molecule has 7 nitrogen and oxygen atoms in total. The van der Waals surface area contributed by atoms with Gasteiger partial charge in [-0.3, -0.25) is 0 Å². The van der Waals surface area contributed by atoms with Gasteiger partial charge in [-0.15, -0.1) is 0 Å². The molecule has 8 heteroatoms. The minimum absolute atomic E-state index is 0.0957. The second-order valence-corrected chi connectivity index (χ2v) is 6.20. The average Bonchev–Trinajstić information content (AvgIpc) is 2.86. The van der Waals surface area contributed by atoms with Gasteiger partial charge in [-0.2, -0.15) is 4.98 Å². The van der Waals surface area contributed by atoms with Crippen LogP contribution in [0.3, 0.4) is 0 Å². The van der Waals surface area contributed by atoms with Crippen LogP contribution in [-0.4, -0.2) is 18.6 Å². The number of hydrogen-bond donors (Lipinski definition) is 1. The van der Waals surface area contributed by atoms with E-state index in [0.29, 0.717) is 35.0 Å². The number of aromatic nitrogens is 2. The van der Waals surface area contributed by atoms with E-state index >= 15 is 0 Å². The van der Waals surface area contributed by atoms with Crippen molar-refractivity contribution in [1.29, 1.82) is 0 Å². The van der Waals surface area contributed by atoms with Crippen LogP contribution in [0.25, 0.3) is 0 Å². The largest absolute Gasteiger partial charge is 0.483 e. The zero-order valence-corrected chi connectivity index (χ0v) is 12.9. The molecule has 0 unspecified atom stereocenters. The third-order valence-corrected chi connectivity index (χ3v) is 4.01. The molecule has 0 spiro atoms. The van der Waals surface area contributed by atoms with Crippen molar-refractivity contribution in [3.8, 4) is 5.75 Å². The number of nitrogens with two attached hydrogens (primary N) is 1. The first kappa shape index (κ1) is 15.5. The van der Waals surface area contributed by atoms with E-state index in [-0.39, 0.29) is 11.5 Å². The van der Waals surface area contributed by atoms with Gasteiger partial charge >= 0.3 is 0 Å². The number of primary sulfonamides is 1. The molecule has 1 aromatic carbocycles. The first-order chi connectivity index (χ1) is 9.81. The summed E-state index contributed by atoms with van der Waals surface area (Å²) < 4.78 is 33.5. The van der Waals surface area contributed by atoms with Crippen LogP contribution in [0, 0.1) is 13.8 Å². The lowest BCUT2D eigenvalue weighted by Gasteiger charge is -2.11. The zero-order valence-electron chi connectivity index (χ0n) is 12.1.